The lowest BCUT2D eigenvalue weighted by molar-refractivity contribution is 0.111. The van der Waals surface area contributed by atoms with Gasteiger partial charge in [0.05, 0.1) is 16.1 Å². The van der Waals surface area contributed by atoms with Gasteiger partial charge in [0.1, 0.15) is 36.5 Å². The van der Waals surface area contributed by atoms with E-state index in [1.807, 2.05) is 50.2 Å². The summed E-state index contributed by atoms with van der Waals surface area (Å²) in [6.45, 7) is 4.25. The summed E-state index contributed by atoms with van der Waals surface area (Å²) < 4.78 is 11.9. The van der Waals surface area contributed by atoms with E-state index in [9.17, 15) is 9.90 Å². The number of carbonyl (C=O) groups is 1. The number of rotatable bonds is 8. The van der Waals surface area contributed by atoms with Crippen LogP contribution < -0.4 is 9.47 Å². The van der Waals surface area contributed by atoms with Gasteiger partial charge >= 0.3 is 0 Å². The van der Waals surface area contributed by atoms with Crippen molar-refractivity contribution in [2.24, 2.45) is 0 Å². The van der Waals surface area contributed by atoms with Crippen molar-refractivity contribution in [3.05, 3.63) is 105 Å². The summed E-state index contributed by atoms with van der Waals surface area (Å²) in [7, 11) is 0. The monoisotopic (exact) mass is 498 g/mol. The van der Waals surface area contributed by atoms with Gasteiger partial charge in [-0.1, -0.05) is 41.9 Å². The molecule has 1 N–H and O–H groups in total. The Morgan fingerprint density at radius 1 is 0.972 bits per heavy atom. The van der Waals surface area contributed by atoms with Gasteiger partial charge in [-0.05, 0) is 59.9 Å². The lowest BCUT2D eigenvalue weighted by Crippen LogP contribution is -2.03. The first-order chi connectivity index (χ1) is 17.4. The quantitative estimate of drug-likeness (QED) is 0.276. The minimum absolute atomic E-state index is 0.120. The SMILES string of the molecule is Cc1c(O)cccc1-c1cccc(COc2cc(OCc3cncc(C#N)c3)c(C=O)cc2Cl)c1C. The minimum Gasteiger partial charge on any atom is -0.508 e. The average molecular weight is 499 g/mol. The van der Waals surface area contributed by atoms with Crippen molar-refractivity contribution < 1.29 is 19.4 Å². The number of aromatic nitrogens is 1. The fourth-order valence-corrected chi connectivity index (χ4v) is 4.10. The van der Waals surface area contributed by atoms with Gasteiger partial charge in [0.2, 0.25) is 0 Å². The molecule has 4 rings (SSSR count). The second-order valence-electron chi connectivity index (χ2n) is 8.25. The van der Waals surface area contributed by atoms with Crippen LogP contribution in [0.2, 0.25) is 5.02 Å². The van der Waals surface area contributed by atoms with Gasteiger partial charge in [0.25, 0.3) is 0 Å². The summed E-state index contributed by atoms with van der Waals surface area (Å²) in [5.74, 6) is 0.936. The standard InChI is InChI=1S/C29H23ClN2O4/c1-18-22(5-3-6-24(18)25-7-4-8-27(34)19(25)2)17-36-29-11-28(23(15-33)10-26(29)30)35-16-21-9-20(12-31)13-32-14-21/h3-11,13-15,34H,16-17H2,1-2H3. The summed E-state index contributed by atoms with van der Waals surface area (Å²) >= 11 is 6.39. The zero-order valence-corrected chi connectivity index (χ0v) is 20.5. The van der Waals surface area contributed by atoms with Gasteiger partial charge in [0.15, 0.2) is 6.29 Å². The van der Waals surface area contributed by atoms with E-state index in [2.05, 4.69) is 4.98 Å². The lowest BCUT2D eigenvalue weighted by Gasteiger charge is -2.16. The lowest BCUT2D eigenvalue weighted by atomic mass is 9.93. The number of halogens is 1. The number of aldehydes is 1. The van der Waals surface area contributed by atoms with E-state index in [0.717, 1.165) is 27.8 Å². The third kappa shape index (κ3) is 5.32. The number of phenols is 1. The molecule has 0 saturated carbocycles. The summed E-state index contributed by atoms with van der Waals surface area (Å²) in [4.78, 5) is 15.6. The molecule has 0 aliphatic carbocycles. The van der Waals surface area contributed by atoms with Crippen LogP contribution in [-0.2, 0) is 13.2 Å². The third-order valence-corrected chi connectivity index (χ3v) is 6.23. The van der Waals surface area contributed by atoms with Crippen molar-refractivity contribution in [3.8, 4) is 34.4 Å². The number of aromatic hydroxyl groups is 1. The molecule has 0 radical (unpaired) electrons. The summed E-state index contributed by atoms with van der Waals surface area (Å²) in [6.07, 6.45) is 3.73. The van der Waals surface area contributed by atoms with E-state index in [4.69, 9.17) is 26.3 Å². The van der Waals surface area contributed by atoms with Crippen LogP contribution in [0.4, 0.5) is 0 Å². The van der Waals surface area contributed by atoms with E-state index < -0.39 is 0 Å². The minimum atomic E-state index is 0.120. The number of nitrogens with zero attached hydrogens (tertiary/aromatic N) is 2. The van der Waals surface area contributed by atoms with E-state index in [-0.39, 0.29) is 29.5 Å². The molecule has 0 bridgehead atoms. The Kier molecular flexibility index (Phi) is 7.53. The second-order valence-corrected chi connectivity index (χ2v) is 8.66. The number of ether oxygens (including phenoxy) is 2. The Hall–Kier alpha value is -4.34. The molecule has 0 atom stereocenters. The van der Waals surface area contributed by atoms with Crippen molar-refractivity contribution >= 4 is 17.9 Å². The van der Waals surface area contributed by atoms with Crippen molar-refractivity contribution in [3.63, 3.8) is 0 Å². The molecule has 1 aromatic heterocycles. The largest absolute Gasteiger partial charge is 0.508 e. The van der Waals surface area contributed by atoms with Crippen molar-refractivity contribution in [1.29, 1.82) is 5.26 Å². The van der Waals surface area contributed by atoms with E-state index in [1.165, 1.54) is 12.3 Å². The smallest absolute Gasteiger partial charge is 0.153 e. The maximum absolute atomic E-state index is 11.6. The third-order valence-electron chi connectivity index (χ3n) is 5.93. The number of hydrogen-bond donors (Lipinski definition) is 1. The Labute approximate surface area is 214 Å². The van der Waals surface area contributed by atoms with E-state index >= 15 is 0 Å². The van der Waals surface area contributed by atoms with Crippen LogP contribution in [0.3, 0.4) is 0 Å². The van der Waals surface area contributed by atoms with Crippen LogP contribution in [0.15, 0.2) is 67.0 Å². The van der Waals surface area contributed by atoms with Gasteiger partial charge in [-0.3, -0.25) is 9.78 Å². The second kappa shape index (κ2) is 10.9. The first kappa shape index (κ1) is 24.8. The fraction of sp³-hybridized carbons (Fsp3) is 0.138. The highest BCUT2D eigenvalue weighted by molar-refractivity contribution is 6.32. The molecule has 0 aliphatic rings. The zero-order valence-electron chi connectivity index (χ0n) is 19.8. The number of phenolic OH excluding ortho intramolecular Hbond substituents is 1. The molecule has 6 nitrogen and oxygen atoms in total. The van der Waals surface area contributed by atoms with Crippen LogP contribution in [-0.4, -0.2) is 16.4 Å². The molecule has 0 spiro atoms. The van der Waals surface area contributed by atoms with Crippen molar-refractivity contribution in [1.82, 2.24) is 4.98 Å². The van der Waals surface area contributed by atoms with E-state index in [0.29, 0.717) is 28.9 Å². The van der Waals surface area contributed by atoms with E-state index in [1.54, 1.807) is 24.4 Å². The topological polar surface area (TPSA) is 92.4 Å². The zero-order chi connectivity index (χ0) is 25.7. The predicted molar refractivity (Wildman–Crippen MR) is 137 cm³/mol. The average Bonchev–Trinajstić information content (AvgIpc) is 2.89. The normalized spacial score (nSPS) is 10.5. The van der Waals surface area contributed by atoms with Crippen LogP contribution in [0.25, 0.3) is 11.1 Å². The highest BCUT2D eigenvalue weighted by Crippen LogP contribution is 2.35. The number of carbonyl (C=O) groups excluding carboxylic acids is 1. The van der Waals surface area contributed by atoms with Gasteiger partial charge in [-0.2, -0.15) is 5.26 Å². The molecule has 7 heteroatoms. The fourth-order valence-electron chi connectivity index (χ4n) is 3.87. The first-order valence-electron chi connectivity index (χ1n) is 11.2. The highest BCUT2D eigenvalue weighted by atomic mass is 35.5. The summed E-state index contributed by atoms with van der Waals surface area (Å²) in [5, 5.41) is 19.5. The maximum atomic E-state index is 11.6. The molecule has 0 fully saturated rings. The Balaban J connectivity index is 1.56. The molecular formula is C29H23ClN2O4. The van der Waals surface area contributed by atoms with Gasteiger partial charge < -0.3 is 14.6 Å². The molecule has 1 heterocycles. The summed E-state index contributed by atoms with van der Waals surface area (Å²) in [5.41, 5.74) is 6.14. The van der Waals surface area contributed by atoms with Crippen LogP contribution in [0.5, 0.6) is 17.2 Å². The van der Waals surface area contributed by atoms with Crippen LogP contribution >= 0.6 is 11.6 Å². The van der Waals surface area contributed by atoms with Gasteiger partial charge in [-0.25, -0.2) is 0 Å². The Morgan fingerprint density at radius 3 is 2.44 bits per heavy atom. The number of pyridine rings is 1. The molecule has 0 amide bonds. The molecule has 180 valence electrons. The van der Waals surface area contributed by atoms with Crippen LogP contribution in [0.1, 0.15) is 38.2 Å². The molecule has 4 aromatic rings. The molecule has 3 aromatic carbocycles. The number of benzene rings is 3. The molecule has 0 saturated heterocycles. The van der Waals surface area contributed by atoms with Crippen LogP contribution in [0, 0.1) is 25.2 Å². The molecule has 36 heavy (non-hydrogen) atoms. The maximum Gasteiger partial charge on any atom is 0.153 e. The Morgan fingerprint density at radius 2 is 1.69 bits per heavy atom. The molecule has 0 aliphatic heterocycles. The van der Waals surface area contributed by atoms with Gasteiger partial charge in [0, 0.05) is 24.0 Å². The Bertz CT molecular complexity index is 1480. The van der Waals surface area contributed by atoms with Crippen molar-refractivity contribution in [2.45, 2.75) is 27.1 Å². The number of hydrogen-bond acceptors (Lipinski definition) is 6. The highest BCUT2D eigenvalue weighted by Gasteiger charge is 2.14. The predicted octanol–water partition coefficient (Wildman–Crippen LogP) is 6.57. The summed E-state index contributed by atoms with van der Waals surface area (Å²) in [6, 6.07) is 18.2. The number of nitriles is 1. The molecule has 0 unspecified atom stereocenters. The molecular weight excluding hydrogens is 476 g/mol. The first-order valence-corrected chi connectivity index (χ1v) is 11.5. The van der Waals surface area contributed by atoms with Gasteiger partial charge in [-0.15, -0.1) is 0 Å². The van der Waals surface area contributed by atoms with Crippen molar-refractivity contribution in [2.75, 3.05) is 0 Å².